The van der Waals surface area contributed by atoms with Crippen molar-refractivity contribution in [2.45, 2.75) is 6.92 Å². The highest BCUT2D eigenvalue weighted by Gasteiger charge is 1.60. The second kappa shape index (κ2) is 4.50. The molecule has 0 fully saturated rings. The largest absolute Gasteiger partial charge is 0.349 e. The summed E-state index contributed by atoms with van der Waals surface area (Å²) in [4.78, 5) is 3.57. The lowest BCUT2D eigenvalue weighted by Crippen LogP contribution is -1.63. The smallest absolute Gasteiger partial charge is 0.125 e. The zero-order valence-electron chi connectivity index (χ0n) is 3.59. The van der Waals surface area contributed by atoms with E-state index >= 15 is 0 Å². The van der Waals surface area contributed by atoms with Gasteiger partial charge in [-0.3, -0.25) is 0 Å². The fraction of sp³-hybridized carbons (Fsp3) is 0.250. The quantitative estimate of drug-likeness (QED) is 0.311. The van der Waals surface area contributed by atoms with Gasteiger partial charge >= 0.3 is 0 Å². The van der Waals surface area contributed by atoms with Crippen molar-refractivity contribution in [1.82, 2.24) is 0 Å². The Kier molecular flexibility index (Phi) is 4.12. The second-order valence-corrected chi connectivity index (χ2v) is 0.767. The number of hydrogen-bond donors (Lipinski definition) is 1. The van der Waals surface area contributed by atoms with Gasteiger partial charge in [0.2, 0.25) is 0 Å². The summed E-state index contributed by atoms with van der Waals surface area (Å²) in [6, 6.07) is 0. The van der Waals surface area contributed by atoms with Crippen LogP contribution < -0.4 is 0 Å². The first-order chi connectivity index (χ1) is 2.91. The van der Waals surface area contributed by atoms with Crippen molar-refractivity contribution in [2.24, 2.45) is 0 Å². The third kappa shape index (κ3) is 3.50. The van der Waals surface area contributed by atoms with Crippen LogP contribution in [-0.2, 0) is 4.89 Å². The van der Waals surface area contributed by atoms with Crippen LogP contribution in [-0.4, -0.2) is 5.26 Å². The molecule has 1 radical (unpaired) electrons. The molecular formula is C4H7O2. The fourth-order valence-corrected chi connectivity index (χ4v) is 0.114. The summed E-state index contributed by atoms with van der Waals surface area (Å²) >= 11 is 0. The van der Waals surface area contributed by atoms with Crippen molar-refractivity contribution in [3.8, 4) is 0 Å². The highest BCUT2D eigenvalue weighted by atomic mass is 17.1. The number of allylic oxidation sites excluding steroid dienone is 1. The minimum atomic E-state index is 1.18. The molecule has 0 aliphatic rings. The molecule has 35 valence electrons. The Morgan fingerprint density at radius 1 is 1.67 bits per heavy atom. The van der Waals surface area contributed by atoms with E-state index in [-0.39, 0.29) is 0 Å². The van der Waals surface area contributed by atoms with Crippen LogP contribution in [0.3, 0.4) is 0 Å². The monoisotopic (exact) mass is 87.0 g/mol. The van der Waals surface area contributed by atoms with E-state index in [0.717, 1.165) is 0 Å². The normalized spacial score (nSPS) is 9.67. The molecule has 0 atom stereocenters. The maximum absolute atomic E-state index is 7.59. The lowest BCUT2D eigenvalue weighted by molar-refractivity contribution is -0.186. The Hall–Kier alpha value is -0.500. The van der Waals surface area contributed by atoms with E-state index in [0.29, 0.717) is 0 Å². The molecule has 0 aliphatic heterocycles. The molecule has 0 aliphatic carbocycles. The fourth-order valence-electron chi connectivity index (χ4n) is 0.114. The molecule has 0 rings (SSSR count). The van der Waals surface area contributed by atoms with Crippen LogP contribution in [0.25, 0.3) is 0 Å². The van der Waals surface area contributed by atoms with Crippen molar-refractivity contribution >= 4 is 0 Å². The zero-order chi connectivity index (χ0) is 4.83. The molecule has 2 nitrogen and oxygen atoms in total. The number of hydrogen-bond acceptors (Lipinski definition) is 2. The van der Waals surface area contributed by atoms with Gasteiger partial charge in [0.25, 0.3) is 0 Å². The van der Waals surface area contributed by atoms with Crippen LogP contribution in [0.15, 0.2) is 12.3 Å². The summed E-state index contributed by atoms with van der Waals surface area (Å²) in [5.74, 6) is 0. The molecule has 0 aromatic heterocycles. The van der Waals surface area contributed by atoms with Gasteiger partial charge in [-0.1, -0.05) is 6.92 Å². The van der Waals surface area contributed by atoms with Crippen molar-refractivity contribution in [3.05, 3.63) is 18.8 Å². The molecular weight excluding hydrogens is 80.0 g/mol. The summed E-state index contributed by atoms with van der Waals surface area (Å²) in [6.45, 7) is 1.83. The molecule has 1 N–H and O–H groups in total. The summed E-state index contributed by atoms with van der Waals surface area (Å²) in [6.07, 6.45) is 4.51. The SMILES string of the molecule is C[CH]C=COO. The molecule has 0 unspecified atom stereocenters. The Morgan fingerprint density at radius 3 is 2.50 bits per heavy atom. The highest BCUT2D eigenvalue weighted by Crippen LogP contribution is 1.74. The average molecular weight is 87.1 g/mol. The summed E-state index contributed by atoms with van der Waals surface area (Å²) in [5.41, 5.74) is 0. The molecule has 0 amide bonds. The van der Waals surface area contributed by atoms with Gasteiger partial charge in [0.05, 0.1) is 0 Å². The van der Waals surface area contributed by atoms with Gasteiger partial charge in [-0.15, -0.1) is 0 Å². The first kappa shape index (κ1) is 5.50. The van der Waals surface area contributed by atoms with Crippen molar-refractivity contribution in [3.63, 3.8) is 0 Å². The second-order valence-electron chi connectivity index (χ2n) is 0.767. The lowest BCUT2D eigenvalue weighted by Gasteiger charge is -1.76. The Bertz CT molecular complexity index is 34.8. The standard InChI is InChI=1S/C4H7O2/c1-2-3-4-6-5/h2-5H,1H3. The van der Waals surface area contributed by atoms with Gasteiger partial charge in [-0.25, -0.2) is 5.26 Å². The van der Waals surface area contributed by atoms with Crippen LogP contribution >= 0.6 is 0 Å². The average Bonchev–Trinajstić information content (AvgIpc) is 1.61. The molecule has 0 saturated carbocycles. The molecule has 0 heterocycles. The predicted molar refractivity (Wildman–Crippen MR) is 22.8 cm³/mol. The molecule has 0 aromatic rings. The van der Waals surface area contributed by atoms with Gasteiger partial charge in [0.15, 0.2) is 0 Å². The van der Waals surface area contributed by atoms with Crippen LogP contribution in [0.5, 0.6) is 0 Å². The summed E-state index contributed by atoms with van der Waals surface area (Å²) in [5, 5.41) is 7.59. The maximum atomic E-state index is 7.59. The minimum Gasteiger partial charge on any atom is -0.349 e. The van der Waals surface area contributed by atoms with E-state index in [2.05, 4.69) is 4.89 Å². The topological polar surface area (TPSA) is 29.5 Å². The van der Waals surface area contributed by atoms with Crippen molar-refractivity contribution in [2.75, 3.05) is 0 Å². The zero-order valence-corrected chi connectivity index (χ0v) is 3.59. The summed E-state index contributed by atoms with van der Waals surface area (Å²) < 4.78 is 0. The van der Waals surface area contributed by atoms with Gasteiger partial charge in [-0.2, -0.15) is 0 Å². The third-order valence-corrected chi connectivity index (χ3v) is 0.332. The maximum Gasteiger partial charge on any atom is 0.125 e. The van der Waals surface area contributed by atoms with E-state index < -0.39 is 0 Å². The Balaban J connectivity index is 2.73. The lowest BCUT2D eigenvalue weighted by atomic mass is 10.5. The van der Waals surface area contributed by atoms with E-state index in [1.54, 1.807) is 12.5 Å². The molecule has 2 heteroatoms. The summed E-state index contributed by atoms with van der Waals surface area (Å²) in [7, 11) is 0. The van der Waals surface area contributed by atoms with Gasteiger partial charge in [0.1, 0.15) is 6.26 Å². The van der Waals surface area contributed by atoms with Crippen LogP contribution in [0.4, 0.5) is 0 Å². The molecule has 0 aromatic carbocycles. The first-order valence-electron chi connectivity index (χ1n) is 1.66. The van der Waals surface area contributed by atoms with E-state index in [4.69, 9.17) is 5.26 Å². The molecule has 0 spiro atoms. The predicted octanol–water partition coefficient (Wildman–Crippen LogP) is 1.21. The van der Waals surface area contributed by atoms with Crippen molar-refractivity contribution in [1.29, 1.82) is 0 Å². The van der Waals surface area contributed by atoms with Crippen LogP contribution in [0.2, 0.25) is 0 Å². The van der Waals surface area contributed by atoms with Crippen LogP contribution in [0.1, 0.15) is 6.92 Å². The van der Waals surface area contributed by atoms with Gasteiger partial charge < -0.3 is 4.89 Å². The molecule has 0 bridgehead atoms. The minimum absolute atomic E-state index is 1.18. The van der Waals surface area contributed by atoms with Crippen LogP contribution in [0, 0.1) is 6.42 Å². The van der Waals surface area contributed by atoms with Crippen molar-refractivity contribution < 1.29 is 10.1 Å². The first-order valence-corrected chi connectivity index (χ1v) is 1.66. The van der Waals surface area contributed by atoms with E-state index in [9.17, 15) is 0 Å². The Morgan fingerprint density at radius 2 is 2.33 bits per heavy atom. The van der Waals surface area contributed by atoms with E-state index in [1.807, 2.05) is 6.92 Å². The van der Waals surface area contributed by atoms with E-state index in [1.165, 1.54) is 6.26 Å². The van der Waals surface area contributed by atoms with Gasteiger partial charge in [-0.05, 0) is 12.5 Å². The Labute approximate surface area is 37.0 Å². The molecule has 0 saturated heterocycles. The number of rotatable bonds is 2. The van der Waals surface area contributed by atoms with Gasteiger partial charge in [0, 0.05) is 0 Å². The highest BCUT2D eigenvalue weighted by molar-refractivity contribution is 4.85. The third-order valence-electron chi connectivity index (χ3n) is 0.332. The molecule has 6 heavy (non-hydrogen) atoms.